The monoisotopic (exact) mass is 415 g/mol. The van der Waals surface area contributed by atoms with Crippen LogP contribution in [-0.2, 0) is 12.6 Å². The fourth-order valence-electron chi connectivity index (χ4n) is 4.04. The smallest absolute Gasteiger partial charge is 0.416 e. The van der Waals surface area contributed by atoms with Gasteiger partial charge in [-0.05, 0) is 56.0 Å². The number of alkyl halides is 3. The normalized spacial score (nSPS) is 16.2. The summed E-state index contributed by atoms with van der Waals surface area (Å²) in [7, 11) is 0. The van der Waals surface area contributed by atoms with Crippen molar-refractivity contribution in [2.75, 3.05) is 0 Å². The number of aryl methyl sites for hydroxylation is 1. The van der Waals surface area contributed by atoms with Crippen LogP contribution in [0.15, 0.2) is 54.9 Å². The summed E-state index contributed by atoms with van der Waals surface area (Å²) >= 11 is 0. The minimum atomic E-state index is -4.41. The summed E-state index contributed by atoms with van der Waals surface area (Å²) in [5.74, 6) is -0.294. The lowest BCUT2D eigenvalue weighted by Crippen LogP contribution is -2.32. The zero-order valence-corrected chi connectivity index (χ0v) is 16.2. The molecule has 4 rings (SSSR count). The van der Waals surface area contributed by atoms with Crippen LogP contribution in [0.25, 0.3) is 5.69 Å². The molecule has 30 heavy (non-hydrogen) atoms. The lowest BCUT2D eigenvalue weighted by Gasteiger charge is -2.25. The van der Waals surface area contributed by atoms with E-state index in [1.807, 2.05) is 17.6 Å². The Labute approximate surface area is 171 Å². The molecule has 1 atom stereocenters. The molecule has 0 radical (unpaired) electrons. The summed E-state index contributed by atoms with van der Waals surface area (Å²) < 4.78 is 41.9. The van der Waals surface area contributed by atoms with Crippen molar-refractivity contribution >= 4 is 5.91 Å². The highest BCUT2D eigenvalue weighted by molar-refractivity contribution is 5.94. The summed E-state index contributed by atoms with van der Waals surface area (Å²) in [5, 5.41) is 14.2. The first-order valence-corrected chi connectivity index (χ1v) is 9.62. The third kappa shape index (κ3) is 3.77. The molecule has 0 fully saturated rings. The third-order valence-corrected chi connectivity index (χ3v) is 5.40. The van der Waals surface area contributed by atoms with Gasteiger partial charge in [-0.1, -0.05) is 6.07 Å². The fraction of sp³-hybridized carbons (Fsp3) is 0.273. The van der Waals surface area contributed by atoms with Gasteiger partial charge in [-0.3, -0.25) is 4.79 Å². The molecule has 0 aliphatic heterocycles. The molecule has 2 aromatic heterocycles. The zero-order chi connectivity index (χ0) is 21.5. The maximum Gasteiger partial charge on any atom is 0.416 e. The number of carbonyl (C=O) groups excluding carboxylic acids is 1. The van der Waals surface area contributed by atoms with Crippen molar-refractivity contribution in [1.29, 1.82) is 0 Å². The number of hydrogen-bond donors (Lipinski definition) is 1. The number of nitrogens with zero attached hydrogens (tertiary/aromatic N) is 2. The van der Waals surface area contributed by atoms with Crippen molar-refractivity contribution in [3.8, 4) is 5.69 Å². The van der Waals surface area contributed by atoms with E-state index >= 15 is 0 Å². The number of benzene rings is 1. The van der Waals surface area contributed by atoms with Gasteiger partial charge < -0.3 is 15.1 Å². The molecule has 0 bridgehead atoms. The molecule has 156 valence electrons. The lowest BCUT2D eigenvalue weighted by molar-refractivity contribution is -0.605. The maximum atomic E-state index is 13.2. The summed E-state index contributed by atoms with van der Waals surface area (Å²) in [6, 6.07) is 9.86. The predicted molar refractivity (Wildman–Crippen MR) is 104 cm³/mol. The molecule has 5 nitrogen and oxygen atoms in total. The van der Waals surface area contributed by atoms with E-state index in [4.69, 9.17) is 0 Å². The second-order valence-electron chi connectivity index (χ2n) is 7.44. The Balaban J connectivity index is 1.66. The minimum Gasteiger partial charge on any atom is -0.619 e. The predicted octanol–water partition coefficient (Wildman–Crippen LogP) is 4.25. The molecule has 2 heterocycles. The summed E-state index contributed by atoms with van der Waals surface area (Å²) in [6.07, 6.45) is 0.360. The highest BCUT2D eigenvalue weighted by atomic mass is 19.4. The van der Waals surface area contributed by atoms with Gasteiger partial charge in [0.1, 0.15) is 0 Å². The topological polar surface area (TPSA) is 61.0 Å². The van der Waals surface area contributed by atoms with Crippen LogP contribution in [-0.4, -0.2) is 10.5 Å². The van der Waals surface area contributed by atoms with Crippen LogP contribution in [0, 0.1) is 12.1 Å². The largest absolute Gasteiger partial charge is 0.619 e. The maximum absolute atomic E-state index is 13.2. The number of aromatic nitrogens is 2. The van der Waals surface area contributed by atoms with Crippen molar-refractivity contribution in [1.82, 2.24) is 9.88 Å². The molecule has 1 N–H and O–H groups in total. The first kappa shape index (κ1) is 20.0. The van der Waals surface area contributed by atoms with Crippen molar-refractivity contribution in [3.05, 3.63) is 88.1 Å². The molecule has 1 aromatic carbocycles. The number of hydrogen-bond acceptors (Lipinski definition) is 2. The van der Waals surface area contributed by atoms with E-state index in [1.165, 1.54) is 30.6 Å². The van der Waals surface area contributed by atoms with E-state index in [9.17, 15) is 23.2 Å². The van der Waals surface area contributed by atoms with Gasteiger partial charge in [0.15, 0.2) is 12.4 Å². The Morgan fingerprint density at radius 2 is 1.93 bits per heavy atom. The highest BCUT2D eigenvalue weighted by Crippen LogP contribution is 2.36. The Kier molecular flexibility index (Phi) is 5.01. The van der Waals surface area contributed by atoms with Crippen molar-refractivity contribution in [3.63, 3.8) is 0 Å². The molecule has 1 aliphatic rings. The second-order valence-corrected chi connectivity index (χ2v) is 7.44. The Morgan fingerprint density at radius 1 is 1.20 bits per heavy atom. The standard InChI is InChI=1S/C22H20F3N3O2/c1-14-12-18-19(26-21(29)15-8-10-27(30)11-9-15)6-3-7-20(18)28(14)17-5-2-4-16(13-17)22(23,24)25/h2,4-5,8-13,19H,3,6-7H2,1H3,(H,26,29). The van der Waals surface area contributed by atoms with E-state index in [0.717, 1.165) is 41.9 Å². The average molecular weight is 415 g/mol. The van der Waals surface area contributed by atoms with Gasteiger partial charge in [0.2, 0.25) is 0 Å². The van der Waals surface area contributed by atoms with Gasteiger partial charge in [-0.25, -0.2) is 0 Å². The quantitative estimate of drug-likeness (QED) is 0.514. The number of amides is 1. The van der Waals surface area contributed by atoms with Crippen LogP contribution in [0.5, 0.6) is 0 Å². The van der Waals surface area contributed by atoms with E-state index < -0.39 is 11.7 Å². The second kappa shape index (κ2) is 7.51. The van der Waals surface area contributed by atoms with Crippen LogP contribution in [0.3, 0.4) is 0 Å². The number of rotatable bonds is 3. The third-order valence-electron chi connectivity index (χ3n) is 5.40. The SMILES string of the molecule is Cc1cc2c(n1-c1cccc(C(F)(F)F)c1)CCCC2NC(=O)c1cc[n+]([O-])cc1. The van der Waals surface area contributed by atoms with Crippen LogP contribution >= 0.6 is 0 Å². The van der Waals surface area contributed by atoms with Crippen molar-refractivity contribution in [2.45, 2.75) is 38.4 Å². The fourth-order valence-corrected chi connectivity index (χ4v) is 4.04. The number of nitrogens with one attached hydrogen (secondary N) is 1. The van der Waals surface area contributed by atoms with Crippen molar-refractivity contribution in [2.24, 2.45) is 0 Å². The molecule has 1 unspecified atom stereocenters. The van der Waals surface area contributed by atoms with Gasteiger partial charge in [0.05, 0.1) is 17.2 Å². The van der Waals surface area contributed by atoms with E-state index in [1.54, 1.807) is 6.07 Å². The molecule has 0 spiro atoms. The molecule has 0 saturated carbocycles. The Morgan fingerprint density at radius 3 is 2.63 bits per heavy atom. The first-order valence-electron chi connectivity index (χ1n) is 9.62. The lowest BCUT2D eigenvalue weighted by atomic mass is 9.92. The molecular weight excluding hydrogens is 395 g/mol. The summed E-state index contributed by atoms with van der Waals surface area (Å²) in [5.41, 5.74) is 2.78. The van der Waals surface area contributed by atoms with Gasteiger partial charge in [0, 0.05) is 29.2 Å². The highest BCUT2D eigenvalue weighted by Gasteiger charge is 2.31. The molecule has 1 amide bonds. The zero-order valence-electron chi connectivity index (χ0n) is 16.2. The van der Waals surface area contributed by atoms with Gasteiger partial charge in [0.25, 0.3) is 5.91 Å². The van der Waals surface area contributed by atoms with Crippen molar-refractivity contribution < 1.29 is 22.7 Å². The Hall–Kier alpha value is -3.29. The average Bonchev–Trinajstić information content (AvgIpc) is 3.05. The van der Waals surface area contributed by atoms with E-state index in [-0.39, 0.29) is 11.9 Å². The van der Waals surface area contributed by atoms with Crippen LogP contribution in [0.2, 0.25) is 0 Å². The Bertz CT molecular complexity index is 1090. The molecule has 1 aliphatic carbocycles. The number of carbonyl (C=O) groups is 1. The van der Waals surface area contributed by atoms with Crippen LogP contribution in [0.4, 0.5) is 13.2 Å². The molecule has 3 aromatic rings. The molecular formula is C22H20F3N3O2. The van der Waals surface area contributed by atoms with Gasteiger partial charge >= 0.3 is 6.18 Å². The first-order chi connectivity index (χ1) is 14.2. The molecule has 0 saturated heterocycles. The molecule has 8 heteroatoms. The number of fused-ring (bicyclic) bond motifs is 1. The summed E-state index contributed by atoms with van der Waals surface area (Å²) in [4.78, 5) is 12.6. The minimum absolute atomic E-state index is 0.244. The van der Waals surface area contributed by atoms with Gasteiger partial charge in [-0.2, -0.15) is 17.9 Å². The van der Waals surface area contributed by atoms with Gasteiger partial charge in [-0.15, -0.1) is 0 Å². The van der Waals surface area contributed by atoms with E-state index in [0.29, 0.717) is 22.4 Å². The number of pyridine rings is 1. The van der Waals surface area contributed by atoms with Crippen LogP contribution in [0.1, 0.15) is 51.8 Å². The summed E-state index contributed by atoms with van der Waals surface area (Å²) in [6.45, 7) is 1.85. The van der Waals surface area contributed by atoms with Crippen LogP contribution < -0.4 is 10.0 Å². The van der Waals surface area contributed by atoms with E-state index in [2.05, 4.69) is 5.32 Å². The number of halogens is 3.